The molecule has 1 aliphatic rings. The maximum absolute atomic E-state index is 13.5. The second-order valence-electron chi connectivity index (χ2n) is 7.62. The number of nitrogens with zero attached hydrogens (tertiary/aromatic N) is 2. The van der Waals surface area contributed by atoms with E-state index in [4.69, 9.17) is 4.74 Å². The number of nitro groups is 1. The van der Waals surface area contributed by atoms with E-state index in [-0.39, 0.29) is 29.5 Å². The van der Waals surface area contributed by atoms with E-state index < -0.39 is 34.2 Å². The van der Waals surface area contributed by atoms with Gasteiger partial charge in [0.05, 0.1) is 22.6 Å². The molecule has 2 aromatic carbocycles. The molecular weight excluding hydrogens is 419 g/mol. The van der Waals surface area contributed by atoms with Crippen LogP contribution in [0.2, 0.25) is 0 Å². The third kappa shape index (κ3) is 4.83. The first-order valence-corrected chi connectivity index (χ1v) is 10.1. The maximum Gasteiger partial charge on any atom is 0.295 e. The molecule has 1 unspecified atom stereocenters. The van der Waals surface area contributed by atoms with Crippen LogP contribution in [0.3, 0.4) is 0 Å². The lowest BCUT2D eigenvalue weighted by Gasteiger charge is -2.25. The predicted octanol–water partition coefficient (Wildman–Crippen LogP) is 3.97. The number of carbonyl (C=O) groups is 2. The summed E-state index contributed by atoms with van der Waals surface area (Å²) < 4.78 is 19.0. The molecule has 8 nitrogen and oxygen atoms in total. The van der Waals surface area contributed by atoms with Crippen LogP contribution in [0.5, 0.6) is 0 Å². The number of hydrogen-bond donors (Lipinski definition) is 1. The van der Waals surface area contributed by atoms with Gasteiger partial charge in [0.1, 0.15) is 11.6 Å². The number of rotatable bonds is 8. The predicted molar refractivity (Wildman–Crippen MR) is 114 cm³/mol. The number of Topliss-reactive ketones (excluding diaryl/α,β-unsaturated/α-hetero) is 1. The number of likely N-dealkylation sites (tertiary alicyclic amines) is 1. The quantitative estimate of drug-likeness (QED) is 0.165. The zero-order valence-corrected chi connectivity index (χ0v) is 17.7. The molecule has 0 saturated carbocycles. The summed E-state index contributed by atoms with van der Waals surface area (Å²) in [7, 11) is 0. The Bertz CT molecular complexity index is 1060. The fourth-order valence-corrected chi connectivity index (χ4v) is 3.58. The van der Waals surface area contributed by atoms with Crippen LogP contribution >= 0.6 is 0 Å². The number of ketones is 1. The second kappa shape index (κ2) is 9.69. The highest BCUT2D eigenvalue weighted by molar-refractivity contribution is 6.46. The molecule has 3 rings (SSSR count). The normalized spacial score (nSPS) is 17.9. The van der Waals surface area contributed by atoms with Gasteiger partial charge in [-0.25, -0.2) is 4.39 Å². The minimum Gasteiger partial charge on any atom is -0.507 e. The van der Waals surface area contributed by atoms with Crippen molar-refractivity contribution >= 4 is 23.1 Å². The van der Waals surface area contributed by atoms with Crippen LogP contribution in [-0.2, 0) is 14.3 Å². The fraction of sp³-hybridized carbons (Fsp3) is 0.304. The van der Waals surface area contributed by atoms with Crippen LogP contribution in [0.15, 0.2) is 54.1 Å². The van der Waals surface area contributed by atoms with Gasteiger partial charge in [-0.05, 0) is 38.0 Å². The molecule has 1 atom stereocenters. The molecule has 1 N–H and O–H groups in total. The number of aliphatic hydroxyl groups is 1. The molecule has 0 aromatic heterocycles. The molecule has 0 bridgehead atoms. The van der Waals surface area contributed by atoms with E-state index in [9.17, 15) is 29.2 Å². The molecule has 32 heavy (non-hydrogen) atoms. The number of hydrogen-bond acceptors (Lipinski definition) is 6. The number of carbonyl (C=O) groups excluding carboxylic acids is 2. The standard InChI is InChI=1S/C23H23FN2O6/c1-14(2)32-12-4-11-25-20(15-7-9-17(24)10-8-15)19(22(28)23(25)29)21(27)16-5-3-6-18(13-16)26(30)31/h3,5-10,13-14,20,27H,4,11-12H2,1-2H3/b21-19-. The number of non-ortho nitro benzene ring substituents is 1. The van der Waals surface area contributed by atoms with Crippen molar-refractivity contribution in [2.45, 2.75) is 32.4 Å². The van der Waals surface area contributed by atoms with Crippen molar-refractivity contribution in [3.63, 3.8) is 0 Å². The smallest absolute Gasteiger partial charge is 0.295 e. The Morgan fingerprint density at radius 2 is 1.91 bits per heavy atom. The first-order chi connectivity index (χ1) is 15.2. The minimum absolute atomic E-state index is 0.00665. The summed E-state index contributed by atoms with van der Waals surface area (Å²) in [5.74, 6) is -2.74. The molecule has 1 fully saturated rings. The van der Waals surface area contributed by atoms with Gasteiger partial charge in [0.15, 0.2) is 0 Å². The van der Waals surface area contributed by atoms with Gasteiger partial charge in [0.2, 0.25) is 0 Å². The van der Waals surface area contributed by atoms with Gasteiger partial charge in [-0.15, -0.1) is 0 Å². The Morgan fingerprint density at radius 1 is 1.22 bits per heavy atom. The Morgan fingerprint density at radius 3 is 2.53 bits per heavy atom. The number of amides is 1. The first kappa shape index (κ1) is 23.1. The summed E-state index contributed by atoms with van der Waals surface area (Å²) in [6.07, 6.45) is 0.451. The summed E-state index contributed by atoms with van der Waals surface area (Å²) >= 11 is 0. The average molecular weight is 442 g/mol. The van der Waals surface area contributed by atoms with Crippen molar-refractivity contribution in [1.82, 2.24) is 4.90 Å². The topological polar surface area (TPSA) is 110 Å². The highest BCUT2D eigenvalue weighted by Gasteiger charge is 2.45. The van der Waals surface area contributed by atoms with Crippen LogP contribution in [0.1, 0.15) is 37.4 Å². The van der Waals surface area contributed by atoms with E-state index in [0.717, 1.165) is 6.07 Å². The summed E-state index contributed by atoms with van der Waals surface area (Å²) in [5, 5.41) is 22.0. The van der Waals surface area contributed by atoms with E-state index in [1.165, 1.54) is 47.4 Å². The molecule has 0 aliphatic carbocycles. The third-order valence-corrected chi connectivity index (χ3v) is 5.05. The lowest BCUT2D eigenvalue weighted by atomic mass is 9.95. The molecule has 0 spiro atoms. The zero-order valence-electron chi connectivity index (χ0n) is 17.7. The molecule has 9 heteroatoms. The van der Waals surface area contributed by atoms with Gasteiger partial charge in [-0.3, -0.25) is 19.7 Å². The van der Waals surface area contributed by atoms with E-state index in [0.29, 0.717) is 18.6 Å². The van der Waals surface area contributed by atoms with Crippen LogP contribution in [0.4, 0.5) is 10.1 Å². The molecular formula is C23H23FN2O6. The number of benzene rings is 2. The molecule has 2 aromatic rings. The number of ether oxygens (including phenoxy) is 1. The van der Waals surface area contributed by atoms with Crippen LogP contribution in [-0.4, -0.2) is 45.9 Å². The Hall–Kier alpha value is -3.59. The number of nitro benzene ring substituents is 1. The van der Waals surface area contributed by atoms with Gasteiger partial charge in [-0.2, -0.15) is 0 Å². The van der Waals surface area contributed by atoms with E-state index >= 15 is 0 Å². The lowest BCUT2D eigenvalue weighted by molar-refractivity contribution is -0.384. The van der Waals surface area contributed by atoms with Crippen molar-refractivity contribution in [2.24, 2.45) is 0 Å². The zero-order chi connectivity index (χ0) is 23.4. The van der Waals surface area contributed by atoms with Crippen molar-refractivity contribution in [3.8, 4) is 0 Å². The fourth-order valence-electron chi connectivity index (χ4n) is 3.58. The van der Waals surface area contributed by atoms with Gasteiger partial charge >= 0.3 is 0 Å². The van der Waals surface area contributed by atoms with Crippen molar-refractivity contribution < 1.29 is 28.7 Å². The Balaban J connectivity index is 2.06. The van der Waals surface area contributed by atoms with E-state index in [1.807, 2.05) is 13.8 Å². The van der Waals surface area contributed by atoms with Crippen LogP contribution < -0.4 is 0 Å². The molecule has 168 valence electrons. The van der Waals surface area contributed by atoms with Crippen molar-refractivity contribution in [3.05, 3.63) is 81.2 Å². The number of aliphatic hydroxyl groups excluding tert-OH is 1. The maximum atomic E-state index is 13.5. The molecule has 1 aliphatic heterocycles. The van der Waals surface area contributed by atoms with Crippen molar-refractivity contribution in [2.75, 3.05) is 13.2 Å². The molecule has 1 heterocycles. The summed E-state index contributed by atoms with van der Waals surface area (Å²) in [4.78, 5) is 37.5. The first-order valence-electron chi connectivity index (χ1n) is 10.1. The van der Waals surface area contributed by atoms with Crippen LogP contribution in [0, 0.1) is 15.9 Å². The van der Waals surface area contributed by atoms with E-state index in [2.05, 4.69) is 0 Å². The number of halogens is 1. The van der Waals surface area contributed by atoms with Crippen LogP contribution in [0.25, 0.3) is 5.76 Å². The highest BCUT2D eigenvalue weighted by atomic mass is 19.1. The summed E-state index contributed by atoms with van der Waals surface area (Å²) in [6.45, 7) is 4.29. The average Bonchev–Trinajstić information content (AvgIpc) is 3.01. The summed E-state index contributed by atoms with van der Waals surface area (Å²) in [6, 6.07) is 9.47. The third-order valence-electron chi connectivity index (χ3n) is 5.05. The lowest BCUT2D eigenvalue weighted by Crippen LogP contribution is -2.31. The van der Waals surface area contributed by atoms with E-state index in [1.54, 1.807) is 0 Å². The van der Waals surface area contributed by atoms with Gasteiger partial charge in [0, 0.05) is 30.8 Å². The van der Waals surface area contributed by atoms with Gasteiger partial charge < -0.3 is 14.7 Å². The second-order valence-corrected chi connectivity index (χ2v) is 7.62. The Kier molecular flexibility index (Phi) is 6.99. The van der Waals surface area contributed by atoms with Gasteiger partial charge in [0.25, 0.3) is 17.4 Å². The molecule has 1 saturated heterocycles. The highest BCUT2D eigenvalue weighted by Crippen LogP contribution is 2.39. The minimum atomic E-state index is -0.964. The molecule has 1 amide bonds. The van der Waals surface area contributed by atoms with Crippen molar-refractivity contribution in [1.29, 1.82) is 0 Å². The monoisotopic (exact) mass is 442 g/mol. The Labute approximate surface area is 184 Å². The molecule has 0 radical (unpaired) electrons. The summed E-state index contributed by atoms with van der Waals surface area (Å²) in [5.41, 5.74) is -0.00543. The largest absolute Gasteiger partial charge is 0.507 e. The SMILES string of the molecule is CC(C)OCCCN1C(=O)C(=O)/C(=C(\O)c2cccc([N+](=O)[O-])c2)C1c1ccc(F)cc1. The van der Waals surface area contributed by atoms with Gasteiger partial charge in [-0.1, -0.05) is 24.3 Å².